The molecule has 4 heteroatoms. The summed E-state index contributed by atoms with van der Waals surface area (Å²) in [5.74, 6) is 0.248. The number of carbonyl (C=O) groups is 1. The number of methoxy groups -OCH3 is 1. The number of nitrogens with zero attached hydrogens (tertiary/aromatic N) is 1. The van der Waals surface area contributed by atoms with Gasteiger partial charge in [-0.05, 0) is 30.0 Å². The predicted octanol–water partition coefficient (Wildman–Crippen LogP) is 1.86. The second-order valence-electron chi connectivity index (χ2n) is 4.74. The fourth-order valence-corrected chi connectivity index (χ4v) is 2.41. The largest absolute Gasteiger partial charge is 0.383 e. The van der Waals surface area contributed by atoms with Crippen molar-refractivity contribution in [3.8, 4) is 0 Å². The molecule has 3 nitrogen and oxygen atoms in total. The molecule has 1 saturated heterocycles. The monoisotopic (exact) mass is 251 g/mol. The molecule has 0 spiro atoms. The Morgan fingerprint density at radius 1 is 1.50 bits per heavy atom. The van der Waals surface area contributed by atoms with E-state index in [1.54, 1.807) is 19.2 Å². The molecule has 0 bridgehead atoms. The summed E-state index contributed by atoms with van der Waals surface area (Å²) in [6.45, 7) is 1.96. The maximum atomic E-state index is 13.1. The van der Waals surface area contributed by atoms with Crippen molar-refractivity contribution < 1.29 is 13.9 Å². The molecule has 1 aliphatic rings. The number of amides is 1. The Labute approximate surface area is 107 Å². The predicted molar refractivity (Wildman–Crippen MR) is 66.7 cm³/mol. The van der Waals surface area contributed by atoms with Gasteiger partial charge in [-0.3, -0.25) is 4.79 Å². The number of ether oxygens (including phenoxy) is 1. The summed E-state index contributed by atoms with van der Waals surface area (Å²) >= 11 is 0. The van der Waals surface area contributed by atoms with Crippen molar-refractivity contribution >= 4 is 5.91 Å². The first kappa shape index (κ1) is 13.0. The molecule has 0 radical (unpaired) electrons. The number of carbonyl (C=O) groups excluding carboxylic acids is 1. The molecule has 1 amide bonds. The SMILES string of the molecule is COCCN1C[C@@H](Cc2cccc(F)c2)CC1=O. The zero-order valence-electron chi connectivity index (χ0n) is 10.6. The van der Waals surface area contributed by atoms with Gasteiger partial charge in [0.2, 0.25) is 5.91 Å². The first-order chi connectivity index (χ1) is 8.69. The molecule has 98 valence electrons. The Morgan fingerprint density at radius 3 is 3.06 bits per heavy atom. The molecule has 1 atom stereocenters. The Balaban J connectivity index is 1.90. The molecular formula is C14H18FNO2. The lowest BCUT2D eigenvalue weighted by atomic mass is 9.98. The van der Waals surface area contributed by atoms with Gasteiger partial charge in [0.1, 0.15) is 5.82 Å². The number of halogens is 1. The zero-order valence-corrected chi connectivity index (χ0v) is 10.6. The van der Waals surface area contributed by atoms with E-state index >= 15 is 0 Å². The summed E-state index contributed by atoms with van der Waals surface area (Å²) in [7, 11) is 1.63. The molecule has 18 heavy (non-hydrogen) atoms. The lowest BCUT2D eigenvalue weighted by molar-refractivity contribution is -0.128. The summed E-state index contributed by atoms with van der Waals surface area (Å²) in [5, 5.41) is 0. The summed E-state index contributed by atoms with van der Waals surface area (Å²) in [6.07, 6.45) is 1.31. The topological polar surface area (TPSA) is 29.5 Å². The van der Waals surface area contributed by atoms with Crippen molar-refractivity contribution in [3.05, 3.63) is 35.6 Å². The molecule has 1 aromatic carbocycles. The summed E-state index contributed by atoms with van der Waals surface area (Å²) in [6, 6.07) is 6.60. The van der Waals surface area contributed by atoms with Crippen molar-refractivity contribution in [2.24, 2.45) is 5.92 Å². The zero-order chi connectivity index (χ0) is 13.0. The molecule has 1 heterocycles. The number of benzene rings is 1. The average Bonchev–Trinajstić information content (AvgIpc) is 2.67. The van der Waals surface area contributed by atoms with Crippen LogP contribution >= 0.6 is 0 Å². The molecule has 0 saturated carbocycles. The van der Waals surface area contributed by atoms with Gasteiger partial charge in [-0.25, -0.2) is 4.39 Å². The molecule has 0 unspecified atom stereocenters. The van der Waals surface area contributed by atoms with Crippen LogP contribution in [0.2, 0.25) is 0 Å². The normalized spacial score (nSPS) is 19.6. The van der Waals surface area contributed by atoms with E-state index in [2.05, 4.69) is 0 Å². The first-order valence-electron chi connectivity index (χ1n) is 6.20. The molecule has 1 fully saturated rings. The second-order valence-corrected chi connectivity index (χ2v) is 4.74. The Morgan fingerprint density at radius 2 is 2.33 bits per heavy atom. The van der Waals surface area contributed by atoms with Gasteiger partial charge in [0.05, 0.1) is 6.61 Å². The summed E-state index contributed by atoms with van der Waals surface area (Å²) < 4.78 is 18.0. The van der Waals surface area contributed by atoms with Crippen LogP contribution in [0.3, 0.4) is 0 Å². The van der Waals surface area contributed by atoms with Gasteiger partial charge in [-0.1, -0.05) is 12.1 Å². The van der Waals surface area contributed by atoms with Gasteiger partial charge in [0.15, 0.2) is 0 Å². The second kappa shape index (κ2) is 5.96. The Hall–Kier alpha value is -1.42. The summed E-state index contributed by atoms with van der Waals surface area (Å²) in [5.41, 5.74) is 0.960. The van der Waals surface area contributed by atoms with E-state index in [1.807, 2.05) is 11.0 Å². The highest BCUT2D eigenvalue weighted by Gasteiger charge is 2.29. The fourth-order valence-electron chi connectivity index (χ4n) is 2.41. The minimum Gasteiger partial charge on any atom is -0.383 e. The van der Waals surface area contributed by atoms with Crippen molar-refractivity contribution in [2.45, 2.75) is 12.8 Å². The average molecular weight is 251 g/mol. The van der Waals surface area contributed by atoms with Gasteiger partial charge in [-0.2, -0.15) is 0 Å². The minimum atomic E-state index is -0.215. The van der Waals surface area contributed by atoms with E-state index in [1.165, 1.54) is 6.07 Å². The van der Waals surface area contributed by atoms with Crippen molar-refractivity contribution in [3.63, 3.8) is 0 Å². The smallest absolute Gasteiger partial charge is 0.223 e. The van der Waals surface area contributed by atoms with Crippen LogP contribution in [0, 0.1) is 11.7 Å². The van der Waals surface area contributed by atoms with Crippen LogP contribution in [-0.2, 0) is 16.0 Å². The van der Waals surface area contributed by atoms with E-state index < -0.39 is 0 Å². The summed E-state index contributed by atoms with van der Waals surface area (Å²) in [4.78, 5) is 13.6. The van der Waals surface area contributed by atoms with Crippen LogP contribution in [-0.4, -0.2) is 37.6 Å². The third-order valence-corrected chi connectivity index (χ3v) is 3.27. The van der Waals surface area contributed by atoms with Crippen LogP contribution in [0.25, 0.3) is 0 Å². The van der Waals surface area contributed by atoms with Gasteiger partial charge in [0, 0.05) is 26.6 Å². The first-order valence-corrected chi connectivity index (χ1v) is 6.20. The van der Waals surface area contributed by atoms with Crippen LogP contribution in [0.5, 0.6) is 0 Å². The number of hydrogen-bond donors (Lipinski definition) is 0. The lowest BCUT2D eigenvalue weighted by Crippen LogP contribution is -2.28. The van der Waals surface area contributed by atoms with Crippen LogP contribution in [0.15, 0.2) is 24.3 Å². The van der Waals surface area contributed by atoms with E-state index in [0.29, 0.717) is 19.6 Å². The highest BCUT2D eigenvalue weighted by molar-refractivity contribution is 5.78. The molecule has 1 aliphatic heterocycles. The highest BCUT2D eigenvalue weighted by atomic mass is 19.1. The number of likely N-dealkylation sites (tertiary alicyclic amines) is 1. The van der Waals surface area contributed by atoms with E-state index in [4.69, 9.17) is 4.74 Å². The molecule has 0 aliphatic carbocycles. The van der Waals surface area contributed by atoms with Crippen LogP contribution in [0.4, 0.5) is 4.39 Å². The van der Waals surface area contributed by atoms with Gasteiger partial charge in [0.25, 0.3) is 0 Å². The van der Waals surface area contributed by atoms with E-state index in [-0.39, 0.29) is 17.6 Å². The quantitative estimate of drug-likeness (QED) is 0.799. The van der Waals surface area contributed by atoms with Crippen LogP contribution < -0.4 is 0 Å². The standard InChI is InChI=1S/C14H18FNO2/c1-18-6-5-16-10-12(9-14(16)17)7-11-3-2-4-13(15)8-11/h2-4,8,12H,5-7,9-10H2,1H3/t12-/m0/s1. The molecule has 2 rings (SSSR count). The third-order valence-electron chi connectivity index (χ3n) is 3.27. The van der Waals surface area contributed by atoms with E-state index in [0.717, 1.165) is 18.5 Å². The maximum absolute atomic E-state index is 13.1. The Kier molecular flexibility index (Phi) is 4.31. The molecule has 0 N–H and O–H groups in total. The van der Waals surface area contributed by atoms with Crippen LogP contribution in [0.1, 0.15) is 12.0 Å². The lowest BCUT2D eigenvalue weighted by Gasteiger charge is -2.15. The van der Waals surface area contributed by atoms with Gasteiger partial charge in [-0.15, -0.1) is 0 Å². The van der Waals surface area contributed by atoms with Crippen molar-refractivity contribution in [2.75, 3.05) is 26.8 Å². The number of hydrogen-bond acceptors (Lipinski definition) is 2. The van der Waals surface area contributed by atoms with Crippen molar-refractivity contribution in [1.29, 1.82) is 0 Å². The molecule has 0 aromatic heterocycles. The third kappa shape index (κ3) is 3.29. The minimum absolute atomic E-state index is 0.174. The van der Waals surface area contributed by atoms with Gasteiger partial charge >= 0.3 is 0 Å². The fraction of sp³-hybridized carbons (Fsp3) is 0.500. The molecular weight excluding hydrogens is 233 g/mol. The van der Waals surface area contributed by atoms with Crippen molar-refractivity contribution in [1.82, 2.24) is 4.90 Å². The maximum Gasteiger partial charge on any atom is 0.223 e. The number of rotatable bonds is 5. The molecule has 1 aromatic rings. The highest BCUT2D eigenvalue weighted by Crippen LogP contribution is 2.22. The Bertz CT molecular complexity index is 422. The van der Waals surface area contributed by atoms with Gasteiger partial charge < -0.3 is 9.64 Å². The van der Waals surface area contributed by atoms with E-state index in [9.17, 15) is 9.18 Å².